The van der Waals surface area contributed by atoms with Crippen LogP contribution in [0.5, 0.6) is 5.88 Å². The standard InChI is InChI=1S/C16H14BrNO2/c1-12-3-7-14(16(18-12)20-11-19-2)8-4-13-5-9-15(17)10-6-13/h3,5-7,9-10H,11H2,1-2H3. The lowest BCUT2D eigenvalue weighted by Gasteiger charge is -2.06. The van der Waals surface area contributed by atoms with Gasteiger partial charge >= 0.3 is 0 Å². The number of benzene rings is 1. The van der Waals surface area contributed by atoms with Crippen molar-refractivity contribution in [1.29, 1.82) is 0 Å². The van der Waals surface area contributed by atoms with Gasteiger partial charge in [0.1, 0.15) is 0 Å². The van der Waals surface area contributed by atoms with E-state index in [1.54, 1.807) is 7.11 Å². The van der Waals surface area contributed by atoms with Crippen LogP contribution in [-0.2, 0) is 4.74 Å². The molecule has 0 aliphatic rings. The zero-order valence-electron chi connectivity index (χ0n) is 11.3. The highest BCUT2D eigenvalue weighted by atomic mass is 79.9. The molecule has 0 aliphatic carbocycles. The molecule has 3 nitrogen and oxygen atoms in total. The maximum atomic E-state index is 5.43. The number of rotatable bonds is 3. The fourth-order valence-electron chi connectivity index (χ4n) is 1.53. The number of ether oxygens (including phenoxy) is 2. The number of pyridine rings is 1. The van der Waals surface area contributed by atoms with E-state index in [1.165, 1.54) is 0 Å². The van der Waals surface area contributed by atoms with Gasteiger partial charge in [-0.1, -0.05) is 27.8 Å². The summed E-state index contributed by atoms with van der Waals surface area (Å²) in [6.45, 7) is 2.06. The van der Waals surface area contributed by atoms with Crippen LogP contribution >= 0.6 is 15.9 Å². The van der Waals surface area contributed by atoms with Crippen LogP contribution in [0.3, 0.4) is 0 Å². The van der Waals surface area contributed by atoms with Crippen molar-refractivity contribution in [2.75, 3.05) is 13.9 Å². The van der Waals surface area contributed by atoms with Gasteiger partial charge in [-0.05, 0) is 43.3 Å². The van der Waals surface area contributed by atoms with Crippen LogP contribution in [0.25, 0.3) is 0 Å². The molecular weight excluding hydrogens is 318 g/mol. The van der Waals surface area contributed by atoms with Crippen LogP contribution in [0.15, 0.2) is 40.9 Å². The zero-order valence-corrected chi connectivity index (χ0v) is 12.9. The lowest BCUT2D eigenvalue weighted by molar-refractivity contribution is 0.0475. The number of hydrogen-bond donors (Lipinski definition) is 0. The Balaban J connectivity index is 2.26. The molecule has 0 fully saturated rings. The van der Waals surface area contributed by atoms with Gasteiger partial charge in [-0.25, -0.2) is 4.98 Å². The van der Waals surface area contributed by atoms with E-state index in [9.17, 15) is 0 Å². The van der Waals surface area contributed by atoms with E-state index >= 15 is 0 Å². The van der Waals surface area contributed by atoms with Crippen LogP contribution < -0.4 is 4.74 Å². The van der Waals surface area contributed by atoms with E-state index in [0.29, 0.717) is 5.88 Å². The monoisotopic (exact) mass is 331 g/mol. The third-order valence-corrected chi connectivity index (χ3v) is 3.03. The summed E-state index contributed by atoms with van der Waals surface area (Å²) in [4.78, 5) is 4.32. The molecule has 102 valence electrons. The molecule has 0 spiro atoms. The van der Waals surface area contributed by atoms with Crippen LogP contribution in [0.4, 0.5) is 0 Å². The number of aryl methyl sites for hydroxylation is 1. The topological polar surface area (TPSA) is 31.4 Å². The average Bonchev–Trinajstić information content (AvgIpc) is 2.46. The predicted octanol–water partition coefficient (Wildman–Crippen LogP) is 3.54. The van der Waals surface area contributed by atoms with E-state index < -0.39 is 0 Å². The molecule has 4 heteroatoms. The summed E-state index contributed by atoms with van der Waals surface area (Å²) in [6, 6.07) is 11.6. The van der Waals surface area contributed by atoms with E-state index in [2.05, 4.69) is 32.8 Å². The Morgan fingerprint density at radius 1 is 1.10 bits per heavy atom. The lowest BCUT2D eigenvalue weighted by atomic mass is 10.2. The predicted molar refractivity (Wildman–Crippen MR) is 81.6 cm³/mol. The first-order valence-corrected chi connectivity index (χ1v) is 6.85. The first kappa shape index (κ1) is 14.6. The van der Waals surface area contributed by atoms with Gasteiger partial charge in [-0.3, -0.25) is 0 Å². The highest BCUT2D eigenvalue weighted by molar-refractivity contribution is 9.10. The molecule has 2 aromatic rings. The quantitative estimate of drug-likeness (QED) is 0.636. The third kappa shape index (κ3) is 4.09. The van der Waals surface area contributed by atoms with Gasteiger partial charge < -0.3 is 9.47 Å². The highest BCUT2D eigenvalue weighted by Gasteiger charge is 2.03. The molecule has 0 saturated heterocycles. The van der Waals surface area contributed by atoms with Crippen molar-refractivity contribution in [2.24, 2.45) is 0 Å². The Hall–Kier alpha value is -1.83. The Bertz CT molecular complexity index is 642. The smallest absolute Gasteiger partial charge is 0.231 e. The van der Waals surface area contributed by atoms with Crippen molar-refractivity contribution < 1.29 is 9.47 Å². The van der Waals surface area contributed by atoms with Crippen molar-refractivity contribution in [2.45, 2.75) is 6.92 Å². The Labute approximate surface area is 127 Å². The molecule has 0 saturated carbocycles. The number of aromatic nitrogens is 1. The van der Waals surface area contributed by atoms with Gasteiger partial charge in [-0.15, -0.1) is 0 Å². The molecule has 1 aromatic heterocycles. The molecular formula is C16H14BrNO2. The van der Waals surface area contributed by atoms with E-state index in [1.807, 2.05) is 43.3 Å². The minimum absolute atomic E-state index is 0.156. The van der Waals surface area contributed by atoms with E-state index in [0.717, 1.165) is 21.3 Å². The Kier molecular flexibility index (Phi) is 5.16. The summed E-state index contributed by atoms with van der Waals surface area (Å²) in [6.07, 6.45) is 0. The maximum Gasteiger partial charge on any atom is 0.231 e. The van der Waals surface area contributed by atoms with E-state index in [4.69, 9.17) is 9.47 Å². The molecule has 0 atom stereocenters. The second-order valence-electron chi connectivity index (χ2n) is 4.11. The summed E-state index contributed by atoms with van der Waals surface area (Å²) < 4.78 is 11.4. The molecule has 20 heavy (non-hydrogen) atoms. The van der Waals surface area contributed by atoms with Gasteiger partial charge in [0.25, 0.3) is 0 Å². The molecule has 0 aliphatic heterocycles. The summed E-state index contributed by atoms with van der Waals surface area (Å²) in [5, 5.41) is 0. The summed E-state index contributed by atoms with van der Waals surface area (Å²) in [5.74, 6) is 6.67. The molecule has 0 N–H and O–H groups in total. The molecule has 1 heterocycles. The Morgan fingerprint density at radius 3 is 2.55 bits per heavy atom. The minimum Gasteiger partial charge on any atom is -0.450 e. The number of halogens is 1. The molecule has 0 amide bonds. The lowest BCUT2D eigenvalue weighted by Crippen LogP contribution is -2.03. The molecule has 0 unspecified atom stereocenters. The second-order valence-corrected chi connectivity index (χ2v) is 5.03. The zero-order chi connectivity index (χ0) is 14.4. The maximum absolute atomic E-state index is 5.43. The van der Waals surface area contributed by atoms with Gasteiger partial charge in [0.05, 0.1) is 5.56 Å². The second kappa shape index (κ2) is 7.09. The van der Waals surface area contributed by atoms with E-state index in [-0.39, 0.29) is 6.79 Å². The SMILES string of the molecule is COCOc1nc(C)ccc1C#Cc1ccc(Br)cc1. The summed E-state index contributed by atoms with van der Waals surface area (Å²) in [5.41, 5.74) is 2.56. The Morgan fingerprint density at radius 2 is 1.85 bits per heavy atom. The van der Waals surface area contributed by atoms with Crippen LogP contribution in [0, 0.1) is 18.8 Å². The largest absolute Gasteiger partial charge is 0.450 e. The first-order chi connectivity index (χ1) is 9.69. The van der Waals surface area contributed by atoms with Crippen LogP contribution in [-0.4, -0.2) is 18.9 Å². The van der Waals surface area contributed by atoms with Crippen LogP contribution in [0.1, 0.15) is 16.8 Å². The van der Waals surface area contributed by atoms with Crippen molar-refractivity contribution in [3.05, 3.63) is 57.7 Å². The number of hydrogen-bond acceptors (Lipinski definition) is 3. The van der Waals surface area contributed by atoms with Gasteiger partial charge in [0, 0.05) is 22.8 Å². The van der Waals surface area contributed by atoms with Gasteiger partial charge in [0.2, 0.25) is 5.88 Å². The van der Waals surface area contributed by atoms with Crippen molar-refractivity contribution >= 4 is 15.9 Å². The van der Waals surface area contributed by atoms with Gasteiger partial charge in [0.15, 0.2) is 6.79 Å². The number of nitrogens with zero attached hydrogens (tertiary/aromatic N) is 1. The van der Waals surface area contributed by atoms with Crippen molar-refractivity contribution in [1.82, 2.24) is 4.98 Å². The summed E-state index contributed by atoms with van der Waals surface area (Å²) >= 11 is 3.40. The molecule has 2 rings (SSSR count). The number of methoxy groups -OCH3 is 1. The van der Waals surface area contributed by atoms with Crippen LogP contribution in [0.2, 0.25) is 0 Å². The minimum atomic E-state index is 0.156. The molecule has 0 radical (unpaired) electrons. The van der Waals surface area contributed by atoms with Crippen molar-refractivity contribution in [3.8, 4) is 17.7 Å². The van der Waals surface area contributed by atoms with Crippen molar-refractivity contribution in [3.63, 3.8) is 0 Å². The normalized spacial score (nSPS) is 9.75. The third-order valence-electron chi connectivity index (χ3n) is 2.50. The first-order valence-electron chi connectivity index (χ1n) is 6.06. The average molecular weight is 332 g/mol. The molecule has 1 aromatic carbocycles. The highest BCUT2D eigenvalue weighted by Crippen LogP contribution is 2.15. The fraction of sp³-hybridized carbons (Fsp3) is 0.188. The fourth-order valence-corrected chi connectivity index (χ4v) is 1.79. The summed E-state index contributed by atoms with van der Waals surface area (Å²) in [7, 11) is 1.57. The molecule has 0 bridgehead atoms. The van der Waals surface area contributed by atoms with Gasteiger partial charge in [-0.2, -0.15) is 0 Å².